The molecule has 0 unspecified atom stereocenters. The highest BCUT2D eigenvalue weighted by Gasteiger charge is 2.38. The molecule has 1 aromatic rings. The summed E-state index contributed by atoms with van der Waals surface area (Å²) in [6.45, 7) is 7.33. The first kappa shape index (κ1) is 26.9. The summed E-state index contributed by atoms with van der Waals surface area (Å²) in [7, 11) is 1.82. The van der Waals surface area contributed by atoms with Crippen LogP contribution in [-0.4, -0.2) is 62.2 Å². The van der Waals surface area contributed by atoms with Gasteiger partial charge in [-0.25, -0.2) is 0 Å². The standard InChI is InChI=1S/C24H39N5O2.HI/c1-3-7-22(30)28-21-10-8-20(9-11-21)18-26-23(25-2)27-19-24(12-5-4-6-13-24)29-14-16-31-17-15-29;/h8-11H,3-7,12-19H2,1-2H3,(H,28,30)(H2,25,26,27);1H. The zero-order chi connectivity index (χ0) is 21.9. The second-order valence-corrected chi connectivity index (χ2v) is 8.66. The summed E-state index contributed by atoms with van der Waals surface area (Å²) in [6.07, 6.45) is 7.82. The van der Waals surface area contributed by atoms with Crippen molar-refractivity contribution in [1.82, 2.24) is 15.5 Å². The smallest absolute Gasteiger partial charge is 0.224 e. The fourth-order valence-electron chi connectivity index (χ4n) is 4.66. The summed E-state index contributed by atoms with van der Waals surface area (Å²) >= 11 is 0. The third-order valence-corrected chi connectivity index (χ3v) is 6.45. The second kappa shape index (κ2) is 14.0. The van der Waals surface area contributed by atoms with Crippen LogP contribution in [0.1, 0.15) is 57.4 Å². The van der Waals surface area contributed by atoms with Crippen LogP contribution in [0.15, 0.2) is 29.3 Å². The number of rotatable bonds is 8. The second-order valence-electron chi connectivity index (χ2n) is 8.66. The van der Waals surface area contributed by atoms with Crippen LogP contribution in [0.2, 0.25) is 0 Å². The van der Waals surface area contributed by atoms with E-state index in [1.165, 1.54) is 32.1 Å². The number of hydrogen-bond donors (Lipinski definition) is 3. The lowest BCUT2D eigenvalue weighted by molar-refractivity contribution is -0.116. The molecule has 32 heavy (non-hydrogen) atoms. The van der Waals surface area contributed by atoms with E-state index in [2.05, 4.69) is 25.8 Å². The molecule has 1 aromatic carbocycles. The predicted octanol–water partition coefficient (Wildman–Crippen LogP) is 3.74. The number of guanidine groups is 1. The van der Waals surface area contributed by atoms with Crippen molar-refractivity contribution < 1.29 is 9.53 Å². The lowest BCUT2D eigenvalue weighted by Crippen LogP contribution is -2.60. The molecular formula is C24H40IN5O2. The zero-order valence-corrected chi connectivity index (χ0v) is 22.0. The van der Waals surface area contributed by atoms with Gasteiger partial charge in [-0.1, -0.05) is 38.3 Å². The summed E-state index contributed by atoms with van der Waals surface area (Å²) in [5, 5.41) is 9.96. The minimum absolute atomic E-state index is 0. The number of carbonyl (C=O) groups is 1. The summed E-state index contributed by atoms with van der Waals surface area (Å²) in [5.74, 6) is 0.897. The van der Waals surface area contributed by atoms with Gasteiger partial charge in [-0.15, -0.1) is 24.0 Å². The molecule has 180 valence electrons. The van der Waals surface area contributed by atoms with E-state index in [1.54, 1.807) is 0 Å². The Bertz CT molecular complexity index is 714. The molecular weight excluding hydrogens is 517 g/mol. The van der Waals surface area contributed by atoms with E-state index >= 15 is 0 Å². The maximum absolute atomic E-state index is 11.7. The van der Waals surface area contributed by atoms with Gasteiger partial charge in [0.15, 0.2) is 5.96 Å². The van der Waals surface area contributed by atoms with Crippen LogP contribution in [0.3, 0.4) is 0 Å². The number of amides is 1. The number of ether oxygens (including phenoxy) is 1. The first-order valence-corrected chi connectivity index (χ1v) is 11.8. The van der Waals surface area contributed by atoms with E-state index in [9.17, 15) is 4.79 Å². The van der Waals surface area contributed by atoms with Crippen molar-refractivity contribution in [2.45, 2.75) is 64.0 Å². The number of benzene rings is 1. The quantitative estimate of drug-likeness (QED) is 0.258. The number of anilines is 1. The molecule has 2 aliphatic rings. The van der Waals surface area contributed by atoms with Gasteiger partial charge in [0.25, 0.3) is 0 Å². The topological polar surface area (TPSA) is 78.0 Å². The molecule has 1 saturated carbocycles. The number of nitrogens with zero attached hydrogens (tertiary/aromatic N) is 2. The Morgan fingerprint density at radius 1 is 1.09 bits per heavy atom. The van der Waals surface area contributed by atoms with Crippen LogP contribution in [0, 0.1) is 0 Å². The van der Waals surface area contributed by atoms with E-state index in [0.29, 0.717) is 13.0 Å². The number of halogens is 1. The summed E-state index contributed by atoms with van der Waals surface area (Å²) < 4.78 is 5.59. The summed E-state index contributed by atoms with van der Waals surface area (Å²) in [4.78, 5) is 18.8. The van der Waals surface area contributed by atoms with Crippen molar-refractivity contribution in [1.29, 1.82) is 0 Å². The van der Waals surface area contributed by atoms with Crippen LogP contribution in [-0.2, 0) is 16.1 Å². The fraction of sp³-hybridized carbons (Fsp3) is 0.667. The maximum atomic E-state index is 11.7. The average molecular weight is 558 g/mol. The van der Waals surface area contributed by atoms with E-state index in [-0.39, 0.29) is 35.4 Å². The molecule has 7 nitrogen and oxygen atoms in total. The number of carbonyl (C=O) groups excluding carboxylic acids is 1. The van der Waals surface area contributed by atoms with Gasteiger partial charge in [0, 0.05) is 50.9 Å². The van der Waals surface area contributed by atoms with Crippen LogP contribution in [0.25, 0.3) is 0 Å². The summed E-state index contributed by atoms with van der Waals surface area (Å²) in [5.41, 5.74) is 2.20. The minimum atomic E-state index is 0. The van der Waals surface area contributed by atoms with E-state index in [0.717, 1.165) is 56.5 Å². The molecule has 3 rings (SSSR count). The third-order valence-electron chi connectivity index (χ3n) is 6.45. The lowest BCUT2D eigenvalue weighted by Gasteiger charge is -2.48. The van der Waals surface area contributed by atoms with Crippen LogP contribution >= 0.6 is 24.0 Å². The molecule has 0 spiro atoms. The van der Waals surface area contributed by atoms with Crippen LogP contribution < -0.4 is 16.0 Å². The van der Waals surface area contributed by atoms with Crippen LogP contribution in [0.5, 0.6) is 0 Å². The number of aliphatic imine (C=N–C) groups is 1. The van der Waals surface area contributed by atoms with Gasteiger partial charge >= 0.3 is 0 Å². The van der Waals surface area contributed by atoms with Crippen LogP contribution in [0.4, 0.5) is 5.69 Å². The molecule has 0 aromatic heterocycles. The Labute approximate surface area is 210 Å². The predicted molar refractivity (Wildman–Crippen MR) is 142 cm³/mol. The van der Waals surface area contributed by atoms with Gasteiger partial charge in [-0.3, -0.25) is 14.7 Å². The maximum Gasteiger partial charge on any atom is 0.224 e. The highest BCUT2D eigenvalue weighted by molar-refractivity contribution is 14.0. The summed E-state index contributed by atoms with van der Waals surface area (Å²) in [6, 6.07) is 7.99. The molecule has 2 fully saturated rings. The fourth-order valence-corrected chi connectivity index (χ4v) is 4.66. The Morgan fingerprint density at radius 2 is 1.78 bits per heavy atom. The van der Waals surface area contributed by atoms with Gasteiger partial charge in [0.05, 0.1) is 13.2 Å². The Kier molecular flexibility index (Phi) is 11.7. The van der Waals surface area contributed by atoms with Crippen molar-refractivity contribution in [3.8, 4) is 0 Å². The zero-order valence-electron chi connectivity index (χ0n) is 19.6. The monoisotopic (exact) mass is 557 g/mol. The number of hydrogen-bond acceptors (Lipinski definition) is 4. The van der Waals surface area contributed by atoms with Crippen molar-refractivity contribution in [3.63, 3.8) is 0 Å². The van der Waals surface area contributed by atoms with Gasteiger partial charge in [-0.2, -0.15) is 0 Å². The van der Waals surface area contributed by atoms with E-state index < -0.39 is 0 Å². The Balaban J connectivity index is 0.00000363. The Morgan fingerprint density at radius 3 is 2.41 bits per heavy atom. The number of morpholine rings is 1. The molecule has 0 radical (unpaired) electrons. The molecule has 1 aliphatic carbocycles. The highest BCUT2D eigenvalue weighted by Crippen LogP contribution is 2.33. The average Bonchev–Trinajstić information content (AvgIpc) is 2.81. The van der Waals surface area contributed by atoms with Crippen molar-refractivity contribution in [3.05, 3.63) is 29.8 Å². The SMILES string of the molecule is CCCC(=O)Nc1ccc(CNC(=NC)NCC2(N3CCOCC3)CCCCC2)cc1.I. The molecule has 8 heteroatoms. The minimum Gasteiger partial charge on any atom is -0.379 e. The van der Waals surface area contributed by atoms with Gasteiger partial charge in [-0.05, 0) is 37.0 Å². The van der Waals surface area contributed by atoms with E-state index in [1.807, 2.05) is 38.2 Å². The molecule has 0 bridgehead atoms. The normalized spacial score (nSPS) is 19.0. The van der Waals surface area contributed by atoms with Gasteiger partial charge in [0.2, 0.25) is 5.91 Å². The van der Waals surface area contributed by atoms with Gasteiger partial charge < -0.3 is 20.7 Å². The molecule has 1 aliphatic heterocycles. The third kappa shape index (κ3) is 7.88. The lowest BCUT2D eigenvalue weighted by atomic mass is 9.80. The molecule has 1 amide bonds. The first-order valence-electron chi connectivity index (χ1n) is 11.8. The largest absolute Gasteiger partial charge is 0.379 e. The van der Waals surface area contributed by atoms with E-state index in [4.69, 9.17) is 4.74 Å². The van der Waals surface area contributed by atoms with Crippen molar-refractivity contribution >= 4 is 41.5 Å². The number of nitrogens with one attached hydrogen (secondary N) is 3. The molecule has 3 N–H and O–H groups in total. The molecule has 1 saturated heterocycles. The Hall–Kier alpha value is -1.39. The van der Waals surface area contributed by atoms with Crippen molar-refractivity contribution in [2.75, 3.05) is 45.2 Å². The highest BCUT2D eigenvalue weighted by atomic mass is 127. The molecule has 0 atom stereocenters. The molecule has 1 heterocycles. The van der Waals surface area contributed by atoms with Gasteiger partial charge in [0.1, 0.15) is 0 Å². The van der Waals surface area contributed by atoms with Crippen molar-refractivity contribution in [2.24, 2.45) is 4.99 Å². The first-order chi connectivity index (χ1) is 15.1.